The van der Waals surface area contributed by atoms with Gasteiger partial charge in [-0.2, -0.15) is 0 Å². The molecular formula is C18H24N2. The summed E-state index contributed by atoms with van der Waals surface area (Å²) in [6, 6.07) is 8.37. The van der Waals surface area contributed by atoms with Crippen molar-refractivity contribution < 1.29 is 0 Å². The van der Waals surface area contributed by atoms with Crippen LogP contribution in [0.15, 0.2) is 47.7 Å². The van der Waals surface area contributed by atoms with Crippen LogP contribution in [0.5, 0.6) is 0 Å². The SMILES string of the molecule is CC1(c2ccc(N)cc2)CC(C)(C)C2CC(N)=CC=C21. The summed E-state index contributed by atoms with van der Waals surface area (Å²) in [5.74, 6) is 0.551. The standard InChI is InChI=1S/C18H24N2/c1-17(2)11-18(3,12-4-6-13(19)7-5-12)15-9-8-14(20)10-16(15)17/h4-9,16H,10-11,19-20H2,1-3H3. The second-order valence-corrected chi connectivity index (χ2v) is 7.24. The molecule has 1 aromatic rings. The molecule has 106 valence electrons. The second-order valence-electron chi connectivity index (χ2n) is 7.24. The minimum absolute atomic E-state index is 0.0963. The maximum absolute atomic E-state index is 6.06. The Kier molecular flexibility index (Phi) is 2.75. The molecule has 4 N–H and O–H groups in total. The highest BCUT2D eigenvalue weighted by molar-refractivity contribution is 5.49. The quantitative estimate of drug-likeness (QED) is 0.762. The number of rotatable bonds is 1. The van der Waals surface area contributed by atoms with Crippen molar-refractivity contribution in [3.05, 3.63) is 53.3 Å². The first-order chi connectivity index (χ1) is 9.33. The molecule has 1 fully saturated rings. The molecule has 2 atom stereocenters. The van der Waals surface area contributed by atoms with Crippen molar-refractivity contribution in [1.82, 2.24) is 0 Å². The smallest absolute Gasteiger partial charge is 0.0314 e. The summed E-state index contributed by atoms with van der Waals surface area (Å²) in [7, 11) is 0. The lowest BCUT2D eigenvalue weighted by atomic mass is 9.74. The van der Waals surface area contributed by atoms with E-state index in [-0.39, 0.29) is 10.8 Å². The summed E-state index contributed by atoms with van der Waals surface area (Å²) in [6.45, 7) is 7.10. The molecule has 0 saturated heterocycles. The Labute approximate surface area is 121 Å². The van der Waals surface area contributed by atoms with Crippen molar-refractivity contribution in [2.24, 2.45) is 17.1 Å². The van der Waals surface area contributed by atoms with Gasteiger partial charge in [0.1, 0.15) is 0 Å². The highest BCUT2D eigenvalue weighted by Crippen LogP contribution is 2.59. The lowest BCUT2D eigenvalue weighted by Gasteiger charge is -2.30. The number of hydrogen-bond donors (Lipinski definition) is 2. The van der Waals surface area contributed by atoms with E-state index in [4.69, 9.17) is 11.5 Å². The number of fused-ring (bicyclic) bond motifs is 1. The van der Waals surface area contributed by atoms with E-state index < -0.39 is 0 Å². The number of allylic oxidation sites excluding steroid dienone is 4. The molecule has 0 bridgehead atoms. The third kappa shape index (κ3) is 1.86. The molecule has 0 aliphatic heterocycles. The Morgan fingerprint density at radius 2 is 1.65 bits per heavy atom. The number of nitrogen functional groups attached to an aromatic ring is 1. The minimum Gasteiger partial charge on any atom is -0.402 e. The van der Waals surface area contributed by atoms with Gasteiger partial charge in [-0.1, -0.05) is 44.6 Å². The van der Waals surface area contributed by atoms with Crippen LogP contribution in [0.25, 0.3) is 0 Å². The fourth-order valence-corrected chi connectivity index (χ4v) is 4.25. The van der Waals surface area contributed by atoms with E-state index in [2.05, 4.69) is 45.1 Å². The van der Waals surface area contributed by atoms with E-state index in [1.807, 2.05) is 12.1 Å². The van der Waals surface area contributed by atoms with Crippen molar-refractivity contribution in [3.63, 3.8) is 0 Å². The number of nitrogens with two attached hydrogens (primary N) is 2. The van der Waals surface area contributed by atoms with Crippen molar-refractivity contribution in [3.8, 4) is 0 Å². The maximum Gasteiger partial charge on any atom is 0.0314 e. The van der Waals surface area contributed by atoms with Crippen LogP contribution in [0.2, 0.25) is 0 Å². The second kappa shape index (κ2) is 4.15. The largest absolute Gasteiger partial charge is 0.402 e. The molecule has 1 aromatic carbocycles. The lowest BCUT2D eigenvalue weighted by Crippen LogP contribution is -2.23. The van der Waals surface area contributed by atoms with E-state index in [9.17, 15) is 0 Å². The summed E-state index contributed by atoms with van der Waals surface area (Å²) in [4.78, 5) is 0. The molecule has 2 aliphatic carbocycles. The Hall–Kier alpha value is -1.70. The average Bonchev–Trinajstić information content (AvgIpc) is 2.58. The summed E-state index contributed by atoms with van der Waals surface area (Å²) in [6.07, 6.45) is 6.49. The zero-order valence-corrected chi connectivity index (χ0v) is 12.6. The highest BCUT2D eigenvalue weighted by Gasteiger charge is 2.51. The van der Waals surface area contributed by atoms with E-state index in [1.54, 1.807) is 0 Å². The Morgan fingerprint density at radius 1 is 1.00 bits per heavy atom. The van der Waals surface area contributed by atoms with Crippen molar-refractivity contribution in [2.45, 2.75) is 39.0 Å². The average molecular weight is 268 g/mol. The van der Waals surface area contributed by atoms with Crippen molar-refractivity contribution in [1.29, 1.82) is 0 Å². The molecule has 0 aromatic heterocycles. The first-order valence-electron chi connectivity index (χ1n) is 7.36. The topological polar surface area (TPSA) is 52.0 Å². The highest BCUT2D eigenvalue weighted by atomic mass is 14.6. The molecule has 0 spiro atoms. The van der Waals surface area contributed by atoms with Gasteiger partial charge in [-0.25, -0.2) is 0 Å². The summed E-state index contributed by atoms with van der Waals surface area (Å²) >= 11 is 0. The first-order valence-corrected chi connectivity index (χ1v) is 7.36. The van der Waals surface area contributed by atoms with Gasteiger partial charge in [0.15, 0.2) is 0 Å². The molecule has 0 radical (unpaired) electrons. The van der Waals surface area contributed by atoms with Crippen LogP contribution in [0.3, 0.4) is 0 Å². The first kappa shape index (κ1) is 13.3. The predicted molar refractivity (Wildman–Crippen MR) is 85.1 cm³/mol. The molecule has 2 unspecified atom stereocenters. The zero-order valence-electron chi connectivity index (χ0n) is 12.6. The van der Waals surface area contributed by atoms with Crippen LogP contribution < -0.4 is 11.5 Å². The number of benzene rings is 1. The van der Waals surface area contributed by atoms with Gasteiger partial charge in [-0.05, 0) is 47.9 Å². The van der Waals surface area contributed by atoms with Crippen molar-refractivity contribution in [2.75, 3.05) is 5.73 Å². The summed E-state index contributed by atoms with van der Waals surface area (Å²) < 4.78 is 0. The van der Waals surface area contributed by atoms with Gasteiger partial charge >= 0.3 is 0 Å². The molecule has 20 heavy (non-hydrogen) atoms. The lowest BCUT2D eigenvalue weighted by molar-refractivity contribution is 0.266. The fourth-order valence-electron chi connectivity index (χ4n) is 4.25. The number of hydrogen-bond acceptors (Lipinski definition) is 2. The minimum atomic E-state index is 0.0963. The maximum atomic E-state index is 6.06. The van der Waals surface area contributed by atoms with E-state index in [0.717, 1.165) is 24.2 Å². The monoisotopic (exact) mass is 268 g/mol. The molecule has 0 heterocycles. The predicted octanol–water partition coefficient (Wildman–Crippen LogP) is 3.75. The van der Waals surface area contributed by atoms with Gasteiger partial charge in [-0.3, -0.25) is 0 Å². The third-order valence-corrected chi connectivity index (χ3v) is 5.23. The fraction of sp³-hybridized carbons (Fsp3) is 0.444. The van der Waals surface area contributed by atoms with Gasteiger partial charge in [-0.15, -0.1) is 0 Å². The Morgan fingerprint density at radius 3 is 2.30 bits per heavy atom. The molecular weight excluding hydrogens is 244 g/mol. The summed E-state index contributed by atoms with van der Waals surface area (Å²) in [5.41, 5.74) is 17.0. The van der Waals surface area contributed by atoms with Crippen LogP contribution in [0, 0.1) is 11.3 Å². The van der Waals surface area contributed by atoms with Crippen molar-refractivity contribution >= 4 is 5.69 Å². The van der Waals surface area contributed by atoms with Gasteiger partial charge < -0.3 is 11.5 Å². The van der Waals surface area contributed by atoms with E-state index in [0.29, 0.717) is 5.92 Å². The normalized spacial score (nSPS) is 31.4. The van der Waals surface area contributed by atoms with Crippen LogP contribution in [-0.2, 0) is 5.41 Å². The summed E-state index contributed by atoms with van der Waals surface area (Å²) in [5, 5.41) is 0. The Bertz CT molecular complexity index is 592. The van der Waals surface area contributed by atoms with Gasteiger partial charge in [0.05, 0.1) is 0 Å². The van der Waals surface area contributed by atoms with Crippen LogP contribution in [0.4, 0.5) is 5.69 Å². The van der Waals surface area contributed by atoms with E-state index in [1.165, 1.54) is 11.1 Å². The van der Waals surface area contributed by atoms with Gasteiger partial charge in [0.2, 0.25) is 0 Å². The molecule has 2 aliphatic rings. The molecule has 1 saturated carbocycles. The molecule has 0 amide bonds. The molecule has 3 rings (SSSR count). The molecule has 2 nitrogen and oxygen atoms in total. The van der Waals surface area contributed by atoms with Crippen LogP contribution in [-0.4, -0.2) is 0 Å². The zero-order chi connectivity index (χ0) is 14.5. The van der Waals surface area contributed by atoms with Crippen LogP contribution in [0.1, 0.15) is 39.2 Å². The molecule has 2 heteroatoms. The number of anilines is 1. The van der Waals surface area contributed by atoms with Gasteiger partial charge in [0, 0.05) is 16.8 Å². The third-order valence-electron chi connectivity index (χ3n) is 5.23. The van der Waals surface area contributed by atoms with Crippen LogP contribution >= 0.6 is 0 Å². The Balaban J connectivity index is 2.11. The van der Waals surface area contributed by atoms with Gasteiger partial charge in [0.25, 0.3) is 0 Å². The van der Waals surface area contributed by atoms with E-state index >= 15 is 0 Å².